The molecule has 0 radical (unpaired) electrons. The molecule has 2 aromatic heterocycles. The number of unbranched alkanes of at least 4 members (excludes halogenated alkanes) is 3. The van der Waals surface area contributed by atoms with Crippen LogP contribution < -0.4 is 20.5 Å². The number of nitrogens with two attached hydrogens (primary N) is 1. The zero-order valence-corrected chi connectivity index (χ0v) is 20.6. The molecule has 0 unspecified atom stereocenters. The molecule has 4 aromatic rings. The van der Waals surface area contributed by atoms with E-state index < -0.39 is 0 Å². The number of carbonyl (C=O) groups is 1. The SMILES string of the molecule is CCCCCCn1c(N)c(C(=O)NCCc2ccc(OC)c(OC)c2)c2nc3ccccc3nc21. The lowest BCUT2D eigenvalue weighted by molar-refractivity contribution is 0.0956. The van der Waals surface area contributed by atoms with E-state index in [1.165, 1.54) is 0 Å². The van der Waals surface area contributed by atoms with Crippen LogP contribution in [0, 0.1) is 0 Å². The summed E-state index contributed by atoms with van der Waals surface area (Å²) in [5.41, 5.74) is 10.7. The number of hydrogen-bond donors (Lipinski definition) is 2. The Labute approximate surface area is 205 Å². The van der Waals surface area contributed by atoms with Crippen LogP contribution >= 0.6 is 0 Å². The average Bonchev–Trinajstić information content (AvgIpc) is 3.15. The third-order valence-corrected chi connectivity index (χ3v) is 6.20. The van der Waals surface area contributed by atoms with Gasteiger partial charge in [0, 0.05) is 13.1 Å². The smallest absolute Gasteiger partial charge is 0.257 e. The van der Waals surface area contributed by atoms with Gasteiger partial charge in [-0.3, -0.25) is 4.79 Å². The minimum Gasteiger partial charge on any atom is -0.493 e. The first-order chi connectivity index (χ1) is 17.1. The van der Waals surface area contributed by atoms with Crippen LogP contribution in [0.3, 0.4) is 0 Å². The third kappa shape index (κ3) is 5.16. The number of nitrogens with one attached hydrogen (secondary N) is 1. The van der Waals surface area contributed by atoms with E-state index in [0.29, 0.717) is 53.6 Å². The van der Waals surface area contributed by atoms with Gasteiger partial charge in [0.2, 0.25) is 0 Å². The number of benzene rings is 2. The Bertz CT molecular complexity index is 1330. The monoisotopic (exact) mass is 475 g/mol. The minimum atomic E-state index is -0.245. The number of para-hydroxylation sites is 2. The number of ether oxygens (including phenoxy) is 2. The average molecular weight is 476 g/mol. The fraction of sp³-hybridized carbons (Fsp3) is 0.370. The maximum absolute atomic E-state index is 13.3. The number of nitrogen functional groups attached to an aromatic ring is 1. The molecule has 3 N–H and O–H groups in total. The standard InChI is InChI=1S/C27H33N5O3/c1-4-5-6-9-16-32-25(28)23(24-26(32)31-20-11-8-7-10-19(20)30-24)27(33)29-15-14-18-12-13-21(34-2)22(17-18)35-3/h7-8,10-13,17H,4-6,9,14-16,28H2,1-3H3,(H,29,33). The van der Waals surface area contributed by atoms with Crippen LogP contribution in [-0.2, 0) is 13.0 Å². The van der Waals surface area contributed by atoms with Gasteiger partial charge in [-0.05, 0) is 42.7 Å². The van der Waals surface area contributed by atoms with Crippen LogP contribution in [0.5, 0.6) is 11.5 Å². The number of carbonyl (C=O) groups excluding carboxylic acids is 1. The van der Waals surface area contributed by atoms with E-state index in [0.717, 1.165) is 42.3 Å². The fourth-order valence-corrected chi connectivity index (χ4v) is 4.31. The molecule has 2 aromatic carbocycles. The fourth-order valence-electron chi connectivity index (χ4n) is 4.31. The van der Waals surface area contributed by atoms with E-state index >= 15 is 0 Å². The highest BCUT2D eigenvalue weighted by Gasteiger charge is 2.23. The zero-order valence-electron chi connectivity index (χ0n) is 20.6. The Morgan fingerprint density at radius 1 is 1.00 bits per heavy atom. The number of aromatic nitrogens is 3. The molecule has 0 aliphatic rings. The summed E-state index contributed by atoms with van der Waals surface area (Å²) >= 11 is 0. The normalized spacial score (nSPS) is 11.2. The quantitative estimate of drug-likeness (QED) is 0.304. The maximum atomic E-state index is 13.3. The van der Waals surface area contributed by atoms with Gasteiger partial charge in [0.1, 0.15) is 16.9 Å². The Balaban J connectivity index is 1.59. The van der Waals surface area contributed by atoms with Crippen molar-refractivity contribution >= 4 is 33.9 Å². The summed E-state index contributed by atoms with van der Waals surface area (Å²) in [6.07, 6.45) is 5.02. The van der Waals surface area contributed by atoms with Crippen molar-refractivity contribution in [2.45, 2.75) is 45.6 Å². The number of aryl methyl sites for hydroxylation is 1. The Morgan fingerprint density at radius 2 is 1.74 bits per heavy atom. The van der Waals surface area contributed by atoms with Gasteiger partial charge in [0.15, 0.2) is 17.1 Å². The number of methoxy groups -OCH3 is 2. The number of anilines is 1. The number of rotatable bonds is 11. The highest BCUT2D eigenvalue weighted by atomic mass is 16.5. The van der Waals surface area contributed by atoms with Gasteiger partial charge in [-0.2, -0.15) is 0 Å². The van der Waals surface area contributed by atoms with Crippen molar-refractivity contribution in [3.8, 4) is 11.5 Å². The van der Waals surface area contributed by atoms with Crippen molar-refractivity contribution in [1.29, 1.82) is 0 Å². The maximum Gasteiger partial charge on any atom is 0.257 e. The van der Waals surface area contributed by atoms with Crippen LogP contribution in [0.1, 0.15) is 48.5 Å². The van der Waals surface area contributed by atoms with Gasteiger partial charge < -0.3 is 25.1 Å². The number of fused-ring (bicyclic) bond motifs is 2. The van der Waals surface area contributed by atoms with Crippen LogP contribution in [0.4, 0.5) is 5.82 Å². The lowest BCUT2D eigenvalue weighted by Crippen LogP contribution is -2.26. The summed E-state index contributed by atoms with van der Waals surface area (Å²) in [5, 5.41) is 3.01. The molecule has 1 amide bonds. The van der Waals surface area contributed by atoms with E-state index in [1.807, 2.05) is 47.0 Å². The summed E-state index contributed by atoms with van der Waals surface area (Å²) in [7, 11) is 3.21. The molecule has 0 fully saturated rings. The van der Waals surface area contributed by atoms with Crippen LogP contribution in [0.2, 0.25) is 0 Å². The van der Waals surface area contributed by atoms with Crippen LogP contribution in [0.15, 0.2) is 42.5 Å². The second-order valence-electron chi connectivity index (χ2n) is 8.55. The van der Waals surface area contributed by atoms with Gasteiger partial charge in [-0.25, -0.2) is 9.97 Å². The van der Waals surface area contributed by atoms with Crippen molar-refractivity contribution < 1.29 is 14.3 Å². The summed E-state index contributed by atoms with van der Waals surface area (Å²) in [4.78, 5) is 22.9. The molecular formula is C27H33N5O3. The van der Waals surface area contributed by atoms with Crippen molar-refractivity contribution in [2.24, 2.45) is 0 Å². The molecule has 0 bridgehead atoms. The second-order valence-corrected chi connectivity index (χ2v) is 8.55. The minimum absolute atomic E-state index is 0.245. The summed E-state index contributed by atoms with van der Waals surface area (Å²) in [5.74, 6) is 1.50. The molecule has 8 nitrogen and oxygen atoms in total. The summed E-state index contributed by atoms with van der Waals surface area (Å²) < 4.78 is 12.6. The first kappa shape index (κ1) is 24.3. The van der Waals surface area contributed by atoms with E-state index in [9.17, 15) is 4.79 Å². The Hall–Kier alpha value is -3.81. The predicted octanol–water partition coefficient (Wildman–Crippen LogP) is 4.74. The Kier molecular flexibility index (Phi) is 7.70. The molecule has 0 saturated heterocycles. The molecule has 4 rings (SSSR count). The molecule has 0 saturated carbocycles. The lowest BCUT2D eigenvalue weighted by atomic mass is 10.1. The van der Waals surface area contributed by atoms with Crippen molar-refractivity contribution in [3.63, 3.8) is 0 Å². The van der Waals surface area contributed by atoms with Gasteiger partial charge >= 0.3 is 0 Å². The van der Waals surface area contributed by atoms with Crippen LogP contribution in [0.25, 0.3) is 22.2 Å². The van der Waals surface area contributed by atoms with E-state index in [4.69, 9.17) is 25.2 Å². The van der Waals surface area contributed by atoms with E-state index in [2.05, 4.69) is 12.2 Å². The van der Waals surface area contributed by atoms with Gasteiger partial charge in [-0.1, -0.05) is 44.4 Å². The Morgan fingerprint density at radius 3 is 2.46 bits per heavy atom. The number of amides is 1. The van der Waals surface area contributed by atoms with Crippen molar-refractivity contribution in [3.05, 3.63) is 53.6 Å². The summed E-state index contributed by atoms with van der Waals surface area (Å²) in [6.45, 7) is 3.33. The molecule has 0 aliphatic carbocycles. The van der Waals surface area contributed by atoms with E-state index in [-0.39, 0.29) is 5.91 Å². The number of nitrogens with zero attached hydrogens (tertiary/aromatic N) is 3. The highest BCUT2D eigenvalue weighted by Crippen LogP contribution is 2.29. The molecule has 8 heteroatoms. The second kappa shape index (κ2) is 11.1. The molecule has 0 aliphatic heterocycles. The summed E-state index contributed by atoms with van der Waals surface area (Å²) in [6, 6.07) is 13.4. The molecule has 0 spiro atoms. The topological polar surface area (TPSA) is 104 Å². The molecule has 35 heavy (non-hydrogen) atoms. The van der Waals surface area contributed by atoms with Crippen molar-refractivity contribution in [2.75, 3.05) is 26.5 Å². The first-order valence-corrected chi connectivity index (χ1v) is 12.1. The third-order valence-electron chi connectivity index (χ3n) is 6.20. The largest absolute Gasteiger partial charge is 0.493 e. The van der Waals surface area contributed by atoms with Gasteiger partial charge in [0.25, 0.3) is 5.91 Å². The molecule has 0 atom stereocenters. The first-order valence-electron chi connectivity index (χ1n) is 12.1. The van der Waals surface area contributed by atoms with Crippen molar-refractivity contribution in [1.82, 2.24) is 19.9 Å². The molecular weight excluding hydrogens is 442 g/mol. The zero-order chi connectivity index (χ0) is 24.8. The van der Waals surface area contributed by atoms with E-state index in [1.54, 1.807) is 14.2 Å². The van der Waals surface area contributed by atoms with Crippen LogP contribution in [-0.4, -0.2) is 41.2 Å². The lowest BCUT2D eigenvalue weighted by Gasteiger charge is -2.10. The number of hydrogen-bond acceptors (Lipinski definition) is 6. The molecule has 2 heterocycles. The van der Waals surface area contributed by atoms with Gasteiger partial charge in [0.05, 0.1) is 25.3 Å². The molecule has 184 valence electrons. The highest BCUT2D eigenvalue weighted by molar-refractivity contribution is 6.10. The van der Waals surface area contributed by atoms with Gasteiger partial charge in [-0.15, -0.1) is 0 Å². The predicted molar refractivity (Wildman–Crippen MR) is 139 cm³/mol.